The number of nitrogens with one attached hydrogen (secondary N) is 1. The number of ether oxygens (including phenoxy) is 3. The molecule has 0 saturated carbocycles. The Balaban J connectivity index is 2.64. The van der Waals surface area contributed by atoms with Crippen LogP contribution in [0, 0.1) is 0 Å². The number of aliphatic hydroxyl groups excluding tert-OH is 5. The predicted molar refractivity (Wildman–Crippen MR) is 329 cm³/mol. The van der Waals surface area contributed by atoms with Gasteiger partial charge in [0.1, 0.15) is 24.4 Å². The van der Waals surface area contributed by atoms with E-state index in [1.807, 2.05) is 6.08 Å². The molecule has 1 heterocycles. The summed E-state index contributed by atoms with van der Waals surface area (Å²) in [4.78, 5) is 26.6. The van der Waals surface area contributed by atoms with Crippen LogP contribution < -0.4 is 5.32 Å². The van der Waals surface area contributed by atoms with E-state index in [9.17, 15) is 35.1 Å². The predicted octanol–water partition coefficient (Wildman–Crippen LogP) is 16.0. The normalized spacial score (nSPS) is 19.3. The van der Waals surface area contributed by atoms with Crippen molar-refractivity contribution in [3.63, 3.8) is 0 Å². The van der Waals surface area contributed by atoms with Crippen molar-refractivity contribution >= 4 is 11.9 Å². The highest BCUT2D eigenvalue weighted by atomic mass is 16.7. The van der Waals surface area contributed by atoms with E-state index in [0.717, 1.165) is 89.9 Å². The minimum atomic E-state index is -1.62. The van der Waals surface area contributed by atoms with E-state index in [0.29, 0.717) is 12.8 Å². The van der Waals surface area contributed by atoms with Gasteiger partial charge in [0.15, 0.2) is 12.4 Å². The number of hydrogen-bond donors (Lipinski definition) is 6. The average molecular weight is 1110 g/mol. The molecule has 0 aromatic heterocycles. The molecule has 6 N–H and O–H groups in total. The molecular formula is C68H121NO10. The highest BCUT2D eigenvalue weighted by Crippen LogP contribution is 2.26. The second-order valence-electron chi connectivity index (χ2n) is 22.5. The molecule has 1 rings (SSSR count). The molecule has 8 unspecified atom stereocenters. The standard InChI is InChI=1S/C68H121NO10/c1-4-7-10-13-16-19-22-24-26-28-30-31-32-34-36-38-41-44-47-50-53-56-63(73)79-66-65(75)64(74)62(57-70)78-68(66)77-58-59(60(71)54-51-48-45-42-39-21-18-15-12-9-6-3)69-67(76)61(72)55-52-49-46-43-40-37-35-33-29-27-25-23-20-17-14-11-8-5-2/h8,11,17,20,25,27,33,35,40,43,51,54,59-62,64-66,68,70-72,74-75H,4-7,9-10,12-16,18-19,21-24,26,28-32,34,36-39,41-42,44-50,52-53,55-58H2,1-3H3,(H,69,76)/b11-8-,20-17-,27-25-,35-33-,43-40-,54-51+. The fraction of sp³-hybridized carbons (Fsp3) is 0.794. The molecule has 0 bridgehead atoms. The van der Waals surface area contributed by atoms with E-state index in [1.165, 1.54) is 148 Å². The lowest BCUT2D eigenvalue weighted by Crippen LogP contribution is -2.61. The van der Waals surface area contributed by atoms with E-state index in [1.54, 1.807) is 6.08 Å². The van der Waals surface area contributed by atoms with Crippen LogP contribution >= 0.6 is 0 Å². The zero-order chi connectivity index (χ0) is 57.5. The van der Waals surface area contributed by atoms with E-state index in [4.69, 9.17) is 14.2 Å². The van der Waals surface area contributed by atoms with Gasteiger partial charge >= 0.3 is 5.97 Å². The minimum absolute atomic E-state index is 0.121. The average Bonchev–Trinajstić information content (AvgIpc) is 3.45. The van der Waals surface area contributed by atoms with E-state index in [-0.39, 0.29) is 19.4 Å². The molecule has 1 fully saturated rings. The molecule has 0 aliphatic carbocycles. The Bertz CT molecular complexity index is 1560. The van der Waals surface area contributed by atoms with Gasteiger partial charge in [0.25, 0.3) is 0 Å². The first kappa shape index (κ1) is 74.1. The van der Waals surface area contributed by atoms with E-state index in [2.05, 4.69) is 86.8 Å². The van der Waals surface area contributed by atoms with Crippen molar-refractivity contribution in [2.45, 2.75) is 333 Å². The summed E-state index contributed by atoms with van der Waals surface area (Å²) in [6.45, 7) is 5.67. The van der Waals surface area contributed by atoms with Crippen LogP contribution in [0.2, 0.25) is 0 Å². The van der Waals surface area contributed by atoms with Crippen LogP contribution in [0.1, 0.15) is 284 Å². The molecule has 11 nitrogen and oxygen atoms in total. The Morgan fingerprint density at radius 3 is 1.37 bits per heavy atom. The van der Waals surface area contributed by atoms with Crippen LogP contribution in [-0.2, 0) is 23.8 Å². The van der Waals surface area contributed by atoms with Gasteiger partial charge in [-0.25, -0.2) is 0 Å². The van der Waals surface area contributed by atoms with Crippen molar-refractivity contribution in [1.29, 1.82) is 0 Å². The summed E-state index contributed by atoms with van der Waals surface area (Å²) in [7, 11) is 0. The third kappa shape index (κ3) is 43.5. The Labute approximate surface area is 483 Å². The highest BCUT2D eigenvalue weighted by Gasteiger charge is 2.47. The topological polar surface area (TPSA) is 175 Å². The number of amides is 1. The first-order chi connectivity index (χ1) is 38.7. The van der Waals surface area contributed by atoms with Crippen molar-refractivity contribution in [2.24, 2.45) is 0 Å². The van der Waals surface area contributed by atoms with Gasteiger partial charge in [-0.1, -0.05) is 280 Å². The van der Waals surface area contributed by atoms with Crippen molar-refractivity contribution in [1.82, 2.24) is 5.32 Å². The van der Waals surface area contributed by atoms with E-state index >= 15 is 0 Å². The molecule has 458 valence electrons. The SMILES string of the molecule is CC/C=C\C/C=C\C/C=C\C/C=C\C/C=C\CCCCC(O)C(=O)NC(COC1OC(CO)C(O)C(O)C1OC(=O)CCCCCCCCCCCCCCCCCCCCCCC)C(O)/C=C/CCCCCCCCCCC. The molecular weight excluding hydrogens is 991 g/mol. The van der Waals surface area contributed by atoms with Crippen LogP contribution in [0.25, 0.3) is 0 Å². The fourth-order valence-corrected chi connectivity index (χ4v) is 9.97. The maximum atomic E-state index is 13.4. The fourth-order valence-electron chi connectivity index (χ4n) is 9.97. The summed E-state index contributed by atoms with van der Waals surface area (Å²) in [5.41, 5.74) is 0. The van der Waals surface area contributed by atoms with Gasteiger partial charge in [-0.05, 0) is 70.6 Å². The lowest BCUT2D eigenvalue weighted by molar-refractivity contribution is -0.305. The monoisotopic (exact) mass is 1110 g/mol. The van der Waals surface area contributed by atoms with Crippen molar-refractivity contribution in [2.75, 3.05) is 13.2 Å². The molecule has 11 heteroatoms. The van der Waals surface area contributed by atoms with Gasteiger partial charge in [0, 0.05) is 6.42 Å². The summed E-state index contributed by atoms with van der Waals surface area (Å²) in [6.07, 6.45) is 60.9. The van der Waals surface area contributed by atoms with Gasteiger partial charge in [-0.2, -0.15) is 0 Å². The quantitative estimate of drug-likeness (QED) is 0.0195. The third-order valence-corrected chi connectivity index (χ3v) is 15.1. The summed E-state index contributed by atoms with van der Waals surface area (Å²) >= 11 is 0. The Morgan fingerprint density at radius 2 is 0.911 bits per heavy atom. The second kappa shape index (κ2) is 55.6. The molecule has 0 aromatic carbocycles. The number of rotatable bonds is 55. The zero-order valence-corrected chi connectivity index (χ0v) is 50.7. The summed E-state index contributed by atoms with van der Waals surface area (Å²) < 4.78 is 17.6. The molecule has 1 saturated heterocycles. The van der Waals surface area contributed by atoms with Crippen molar-refractivity contribution in [3.8, 4) is 0 Å². The number of unbranched alkanes of at least 4 members (excludes halogenated alkanes) is 31. The molecule has 1 amide bonds. The second-order valence-corrected chi connectivity index (χ2v) is 22.5. The van der Waals surface area contributed by atoms with Crippen molar-refractivity contribution < 1.29 is 49.3 Å². The number of allylic oxidation sites excluding steroid dienone is 11. The maximum Gasteiger partial charge on any atom is 0.306 e. The number of carbonyl (C=O) groups is 2. The van der Waals surface area contributed by atoms with Crippen LogP contribution in [-0.4, -0.2) is 99.6 Å². The Hall–Kier alpha value is -2.90. The summed E-state index contributed by atoms with van der Waals surface area (Å²) in [5.74, 6) is -1.22. The summed E-state index contributed by atoms with van der Waals surface area (Å²) in [6, 6.07) is -1.04. The summed E-state index contributed by atoms with van der Waals surface area (Å²) in [5, 5.41) is 57.0. The third-order valence-electron chi connectivity index (χ3n) is 15.1. The van der Waals surface area contributed by atoms with Crippen LogP contribution in [0.5, 0.6) is 0 Å². The van der Waals surface area contributed by atoms with Gasteiger partial charge < -0.3 is 45.1 Å². The molecule has 0 radical (unpaired) electrons. The lowest BCUT2D eigenvalue weighted by atomic mass is 9.99. The van der Waals surface area contributed by atoms with Gasteiger partial charge in [-0.3, -0.25) is 9.59 Å². The first-order valence-corrected chi connectivity index (χ1v) is 32.7. The van der Waals surface area contributed by atoms with Gasteiger partial charge in [-0.15, -0.1) is 0 Å². The molecule has 1 aliphatic heterocycles. The lowest BCUT2D eigenvalue weighted by Gasteiger charge is -2.41. The zero-order valence-electron chi connectivity index (χ0n) is 50.7. The maximum absolute atomic E-state index is 13.4. The van der Waals surface area contributed by atoms with Crippen molar-refractivity contribution in [3.05, 3.63) is 72.9 Å². The molecule has 79 heavy (non-hydrogen) atoms. The van der Waals surface area contributed by atoms with Gasteiger partial charge in [0.05, 0.1) is 25.4 Å². The number of carbonyl (C=O) groups excluding carboxylic acids is 2. The number of esters is 1. The molecule has 0 spiro atoms. The van der Waals surface area contributed by atoms with Crippen LogP contribution in [0.4, 0.5) is 0 Å². The Morgan fingerprint density at radius 1 is 0.506 bits per heavy atom. The number of aliphatic hydroxyl groups is 5. The van der Waals surface area contributed by atoms with Gasteiger partial charge in [0.2, 0.25) is 5.91 Å². The highest BCUT2D eigenvalue weighted by molar-refractivity contribution is 5.80. The molecule has 1 aliphatic rings. The van der Waals surface area contributed by atoms with Crippen LogP contribution in [0.15, 0.2) is 72.9 Å². The smallest absolute Gasteiger partial charge is 0.306 e. The molecule has 8 atom stereocenters. The van der Waals surface area contributed by atoms with E-state index < -0.39 is 67.4 Å². The largest absolute Gasteiger partial charge is 0.454 e. The minimum Gasteiger partial charge on any atom is -0.454 e. The number of hydrogen-bond acceptors (Lipinski definition) is 10. The molecule has 0 aromatic rings. The van der Waals surface area contributed by atoms with Crippen LogP contribution in [0.3, 0.4) is 0 Å². The Kier molecular flexibility index (Phi) is 52.2. The first-order valence-electron chi connectivity index (χ1n) is 32.7.